The predicted octanol–water partition coefficient (Wildman–Crippen LogP) is 3.01. The van der Waals surface area contributed by atoms with Crippen LogP contribution in [0.1, 0.15) is 42.5 Å². The van der Waals surface area contributed by atoms with Crippen molar-refractivity contribution in [3.8, 4) is 0 Å². The van der Waals surface area contributed by atoms with Crippen LogP contribution in [0.5, 0.6) is 0 Å². The Balaban J connectivity index is 2.28. The summed E-state index contributed by atoms with van der Waals surface area (Å²) in [6.07, 6.45) is 3.24. The molecule has 2 rings (SSSR count). The zero-order valence-electron chi connectivity index (χ0n) is 10.8. The molecule has 0 radical (unpaired) electrons. The van der Waals surface area contributed by atoms with E-state index in [0.29, 0.717) is 11.3 Å². The van der Waals surface area contributed by atoms with Gasteiger partial charge in [0.25, 0.3) is 0 Å². The highest BCUT2D eigenvalue weighted by atomic mass is 16.1. The van der Waals surface area contributed by atoms with Crippen molar-refractivity contribution < 1.29 is 4.79 Å². The van der Waals surface area contributed by atoms with E-state index in [0.717, 1.165) is 5.69 Å². The Hall–Kier alpha value is -2.03. The third-order valence-corrected chi connectivity index (χ3v) is 2.69. The van der Waals surface area contributed by atoms with Crippen LogP contribution in [0.2, 0.25) is 0 Å². The lowest BCUT2D eigenvalue weighted by Crippen LogP contribution is -2.14. The second kappa shape index (κ2) is 4.69. The van der Waals surface area contributed by atoms with Gasteiger partial charge in [-0.2, -0.15) is 0 Å². The monoisotopic (exact) mass is 240 g/mol. The Labute approximate surface area is 107 Å². The molecule has 2 heterocycles. The van der Waals surface area contributed by atoms with E-state index >= 15 is 0 Å². The van der Waals surface area contributed by atoms with Crippen LogP contribution in [0.4, 0.5) is 0 Å². The summed E-state index contributed by atoms with van der Waals surface area (Å²) < 4.78 is 0. The molecule has 0 atom stereocenters. The zero-order valence-corrected chi connectivity index (χ0v) is 10.8. The van der Waals surface area contributed by atoms with Crippen molar-refractivity contribution in [2.45, 2.75) is 26.2 Å². The van der Waals surface area contributed by atoms with Crippen LogP contribution in [0.3, 0.4) is 0 Å². The summed E-state index contributed by atoms with van der Waals surface area (Å²) in [7, 11) is 0. The second-order valence-corrected chi connectivity index (χ2v) is 5.23. The molecule has 0 aliphatic rings. The number of hydrogen-bond donors (Lipinski definition) is 0. The van der Waals surface area contributed by atoms with Gasteiger partial charge in [0.1, 0.15) is 5.69 Å². The Bertz CT molecular complexity index is 539. The first-order valence-electron chi connectivity index (χ1n) is 5.91. The predicted molar refractivity (Wildman–Crippen MR) is 70.6 cm³/mol. The van der Waals surface area contributed by atoms with Crippen molar-refractivity contribution in [2.75, 3.05) is 0 Å². The number of nitrogens with zero attached hydrogens (tertiary/aromatic N) is 2. The number of aromatic nitrogens is 2. The Kier molecular flexibility index (Phi) is 3.24. The van der Waals surface area contributed by atoms with Crippen molar-refractivity contribution in [1.29, 1.82) is 0 Å². The van der Waals surface area contributed by atoms with Crippen LogP contribution >= 0.6 is 0 Å². The fourth-order valence-electron chi connectivity index (χ4n) is 1.62. The molecule has 18 heavy (non-hydrogen) atoms. The Morgan fingerprint density at radius 1 is 1.06 bits per heavy atom. The van der Waals surface area contributed by atoms with Gasteiger partial charge < -0.3 is 0 Å². The number of hydrogen-bond acceptors (Lipinski definition) is 3. The van der Waals surface area contributed by atoms with Crippen molar-refractivity contribution >= 4 is 5.78 Å². The molecular formula is C15H16N2O. The van der Waals surface area contributed by atoms with E-state index in [1.165, 1.54) is 0 Å². The molecule has 0 spiro atoms. The van der Waals surface area contributed by atoms with Gasteiger partial charge in [-0.25, -0.2) is 0 Å². The first-order chi connectivity index (χ1) is 8.48. The van der Waals surface area contributed by atoms with E-state index in [1.807, 2.05) is 12.1 Å². The maximum absolute atomic E-state index is 12.1. The number of rotatable bonds is 2. The van der Waals surface area contributed by atoms with Crippen molar-refractivity contribution in [3.63, 3.8) is 0 Å². The molecule has 0 unspecified atom stereocenters. The number of carbonyl (C=O) groups is 1. The van der Waals surface area contributed by atoms with Crippen molar-refractivity contribution in [1.82, 2.24) is 9.97 Å². The van der Waals surface area contributed by atoms with Crippen LogP contribution in [0.15, 0.2) is 42.7 Å². The first kappa shape index (κ1) is 12.4. The minimum atomic E-state index is -0.0939. The number of pyridine rings is 2. The van der Waals surface area contributed by atoms with Crippen LogP contribution in [-0.4, -0.2) is 15.8 Å². The van der Waals surface area contributed by atoms with E-state index in [9.17, 15) is 4.79 Å². The van der Waals surface area contributed by atoms with Crippen LogP contribution in [0, 0.1) is 0 Å². The summed E-state index contributed by atoms with van der Waals surface area (Å²) in [4.78, 5) is 20.5. The fraction of sp³-hybridized carbons (Fsp3) is 0.267. The molecule has 0 aromatic carbocycles. The molecule has 0 N–H and O–H groups in total. The lowest BCUT2D eigenvalue weighted by Gasteiger charge is -2.17. The average Bonchev–Trinajstić information content (AvgIpc) is 2.38. The molecule has 92 valence electrons. The van der Waals surface area contributed by atoms with E-state index in [2.05, 4.69) is 30.7 Å². The van der Waals surface area contributed by atoms with Gasteiger partial charge >= 0.3 is 0 Å². The molecule has 0 aliphatic carbocycles. The lowest BCUT2D eigenvalue weighted by molar-refractivity contribution is 0.103. The molecule has 2 aromatic rings. The van der Waals surface area contributed by atoms with Gasteiger partial charge in [-0.15, -0.1) is 0 Å². The van der Waals surface area contributed by atoms with Gasteiger partial charge in [0.05, 0.1) is 0 Å². The summed E-state index contributed by atoms with van der Waals surface area (Å²) in [6.45, 7) is 6.28. The van der Waals surface area contributed by atoms with E-state index in [1.54, 1.807) is 30.6 Å². The smallest absolute Gasteiger partial charge is 0.212 e. The Morgan fingerprint density at radius 3 is 2.33 bits per heavy atom. The number of carbonyl (C=O) groups excluding carboxylic acids is 1. The molecule has 0 saturated carbocycles. The lowest BCUT2D eigenvalue weighted by atomic mass is 9.91. The summed E-state index contributed by atoms with van der Waals surface area (Å²) in [6, 6.07) is 9.01. The van der Waals surface area contributed by atoms with E-state index in [4.69, 9.17) is 0 Å². The summed E-state index contributed by atoms with van der Waals surface area (Å²) >= 11 is 0. The highest BCUT2D eigenvalue weighted by molar-refractivity contribution is 6.07. The number of ketones is 1. The van der Waals surface area contributed by atoms with E-state index < -0.39 is 0 Å². The van der Waals surface area contributed by atoms with Crippen molar-refractivity contribution in [2.24, 2.45) is 0 Å². The molecule has 3 nitrogen and oxygen atoms in total. The summed E-state index contributed by atoms with van der Waals surface area (Å²) in [5, 5.41) is 0. The normalized spacial score (nSPS) is 11.3. The molecule has 0 aliphatic heterocycles. The van der Waals surface area contributed by atoms with Gasteiger partial charge in [0.2, 0.25) is 5.78 Å². The molecule has 3 heteroatoms. The van der Waals surface area contributed by atoms with Gasteiger partial charge in [0.15, 0.2) is 0 Å². The minimum absolute atomic E-state index is 0.00737. The third kappa shape index (κ3) is 2.62. The highest BCUT2D eigenvalue weighted by Crippen LogP contribution is 2.20. The minimum Gasteiger partial charge on any atom is -0.287 e. The van der Waals surface area contributed by atoms with E-state index in [-0.39, 0.29) is 11.2 Å². The fourth-order valence-corrected chi connectivity index (χ4v) is 1.62. The molecule has 0 fully saturated rings. The second-order valence-electron chi connectivity index (χ2n) is 5.23. The molecule has 2 aromatic heterocycles. The summed E-state index contributed by atoms with van der Waals surface area (Å²) in [5.41, 5.74) is 1.98. The average molecular weight is 240 g/mol. The molecule has 0 saturated heterocycles. The topological polar surface area (TPSA) is 42.9 Å². The molecular weight excluding hydrogens is 224 g/mol. The molecule has 0 bridgehead atoms. The van der Waals surface area contributed by atoms with Crippen molar-refractivity contribution in [3.05, 3.63) is 59.7 Å². The SMILES string of the molecule is CC(C)(C)c1ccc(C(=O)c2ccccn2)cn1. The Morgan fingerprint density at radius 2 is 1.83 bits per heavy atom. The van der Waals surface area contributed by atoms with Gasteiger partial charge in [-0.05, 0) is 24.3 Å². The third-order valence-electron chi connectivity index (χ3n) is 2.69. The maximum Gasteiger partial charge on any atom is 0.212 e. The largest absolute Gasteiger partial charge is 0.287 e. The first-order valence-corrected chi connectivity index (χ1v) is 5.91. The molecule has 0 amide bonds. The van der Waals surface area contributed by atoms with Crippen LogP contribution in [0.25, 0.3) is 0 Å². The highest BCUT2D eigenvalue weighted by Gasteiger charge is 2.16. The van der Waals surface area contributed by atoms with Gasteiger partial charge in [-0.1, -0.05) is 26.8 Å². The standard InChI is InChI=1S/C15H16N2O/c1-15(2,3)13-8-7-11(10-17-13)14(18)12-6-4-5-9-16-12/h4-10H,1-3H3. The van der Waals surface area contributed by atoms with Crippen LogP contribution < -0.4 is 0 Å². The summed E-state index contributed by atoms with van der Waals surface area (Å²) in [5.74, 6) is -0.0939. The maximum atomic E-state index is 12.1. The van der Waals surface area contributed by atoms with Crippen LogP contribution in [-0.2, 0) is 5.41 Å². The van der Waals surface area contributed by atoms with Gasteiger partial charge in [0, 0.05) is 29.1 Å². The zero-order chi connectivity index (χ0) is 13.2. The van der Waals surface area contributed by atoms with Gasteiger partial charge in [-0.3, -0.25) is 14.8 Å². The quantitative estimate of drug-likeness (QED) is 0.758.